The van der Waals surface area contributed by atoms with Crippen molar-refractivity contribution < 1.29 is 17.7 Å². The minimum absolute atomic E-state index is 0.267. The van der Waals surface area contributed by atoms with E-state index in [0.717, 1.165) is 16.5 Å². The van der Waals surface area contributed by atoms with Crippen LogP contribution in [0.15, 0.2) is 36.4 Å². The Hall–Kier alpha value is -2.10. The van der Waals surface area contributed by atoms with Crippen molar-refractivity contribution in [3.8, 4) is 0 Å². The van der Waals surface area contributed by atoms with Gasteiger partial charge in [-0.1, -0.05) is 31.2 Å². The number of benzene rings is 2. The van der Waals surface area contributed by atoms with Crippen molar-refractivity contribution in [1.82, 2.24) is 0 Å². The Morgan fingerprint density at radius 2 is 1.64 bits per heavy atom. The molecule has 2 aromatic carbocycles. The van der Waals surface area contributed by atoms with Crippen LogP contribution in [0, 0.1) is 6.92 Å². The number of aromatic nitrogens is 1. The number of pyridine rings is 1. The first kappa shape index (κ1) is 14.8. The molecule has 3 aromatic rings. The molecule has 0 spiro atoms. The van der Waals surface area contributed by atoms with Crippen LogP contribution in [-0.4, -0.2) is 0 Å². The summed E-state index contributed by atoms with van der Waals surface area (Å²) in [7, 11) is 1.84. The minimum atomic E-state index is -4.36. The summed E-state index contributed by atoms with van der Waals surface area (Å²) in [5.74, 6) is 0. The molecule has 0 aliphatic rings. The quantitative estimate of drug-likeness (QED) is 0.453. The fraction of sp³-hybridized carbons (Fsp3) is 0.278. The fourth-order valence-electron chi connectivity index (χ4n) is 3.32. The molecule has 0 radical (unpaired) electrons. The van der Waals surface area contributed by atoms with Crippen molar-refractivity contribution >= 4 is 21.7 Å². The first-order valence-corrected chi connectivity index (χ1v) is 7.25. The molecule has 0 saturated carbocycles. The highest BCUT2D eigenvalue weighted by atomic mass is 19.4. The van der Waals surface area contributed by atoms with Crippen molar-refractivity contribution in [2.24, 2.45) is 7.05 Å². The Bertz CT molecular complexity index is 879. The van der Waals surface area contributed by atoms with E-state index in [2.05, 4.69) is 0 Å². The van der Waals surface area contributed by atoms with Gasteiger partial charge in [0.15, 0.2) is 5.69 Å². The summed E-state index contributed by atoms with van der Waals surface area (Å²) >= 11 is 0. The Morgan fingerprint density at radius 3 is 2.18 bits per heavy atom. The van der Waals surface area contributed by atoms with Crippen LogP contribution in [0.4, 0.5) is 13.2 Å². The van der Waals surface area contributed by atoms with Crippen molar-refractivity contribution in [3.05, 3.63) is 53.2 Å². The predicted molar refractivity (Wildman–Crippen MR) is 81.7 cm³/mol. The third kappa shape index (κ3) is 2.14. The number of hydrogen-bond acceptors (Lipinski definition) is 0. The smallest absolute Gasteiger partial charge is 0.198 e. The molecule has 1 heterocycles. The van der Waals surface area contributed by atoms with Crippen LogP contribution in [0.1, 0.15) is 23.7 Å². The van der Waals surface area contributed by atoms with Crippen LogP contribution >= 0.6 is 0 Å². The zero-order valence-corrected chi connectivity index (χ0v) is 12.8. The van der Waals surface area contributed by atoms with Gasteiger partial charge in [0, 0.05) is 18.1 Å². The first-order valence-electron chi connectivity index (χ1n) is 7.25. The van der Waals surface area contributed by atoms with Crippen LogP contribution in [0.3, 0.4) is 0 Å². The van der Waals surface area contributed by atoms with Gasteiger partial charge in [0.2, 0.25) is 5.52 Å². The number of nitrogens with zero attached hydrogens (tertiary/aromatic N) is 1. The van der Waals surface area contributed by atoms with Crippen molar-refractivity contribution in [2.45, 2.75) is 26.4 Å². The second kappa shape index (κ2) is 4.97. The maximum absolute atomic E-state index is 13.6. The SMILES string of the molecule is CCc1c(C)c(C(F)(F)F)c2cc3ccccc3cc2[n+]1C. The molecule has 0 bridgehead atoms. The highest BCUT2D eigenvalue weighted by Gasteiger charge is 2.38. The maximum Gasteiger partial charge on any atom is 0.417 e. The number of alkyl halides is 3. The van der Waals surface area contributed by atoms with E-state index >= 15 is 0 Å². The molecule has 0 aliphatic heterocycles. The molecule has 0 atom stereocenters. The number of fused-ring (bicyclic) bond motifs is 2. The molecule has 114 valence electrons. The van der Waals surface area contributed by atoms with Crippen molar-refractivity contribution in [2.75, 3.05) is 0 Å². The molecule has 4 heteroatoms. The van der Waals surface area contributed by atoms with E-state index in [4.69, 9.17) is 0 Å². The molecular weight excluding hydrogens is 287 g/mol. The van der Waals surface area contributed by atoms with Gasteiger partial charge in [-0.25, -0.2) is 0 Å². The molecule has 0 unspecified atom stereocenters. The standard InChI is InChI=1S/C18H17F3N/c1-4-15-11(2)17(18(19,20)21)14-9-12-7-5-6-8-13(12)10-16(14)22(15)3/h5-10H,4H2,1-3H3/q+1. The Balaban J connectivity index is 2.57. The summed E-state index contributed by atoms with van der Waals surface area (Å²) in [6.45, 7) is 3.45. The lowest BCUT2D eigenvalue weighted by atomic mass is 9.96. The molecule has 0 fully saturated rings. The zero-order valence-electron chi connectivity index (χ0n) is 12.8. The van der Waals surface area contributed by atoms with Gasteiger partial charge in [-0.3, -0.25) is 0 Å². The maximum atomic E-state index is 13.6. The summed E-state index contributed by atoms with van der Waals surface area (Å²) in [6.07, 6.45) is -3.79. The van der Waals surface area contributed by atoms with Gasteiger partial charge < -0.3 is 0 Å². The summed E-state index contributed by atoms with van der Waals surface area (Å²) in [5.41, 5.74) is 1.15. The molecule has 1 aromatic heterocycles. The van der Waals surface area contributed by atoms with Gasteiger partial charge >= 0.3 is 6.18 Å². The van der Waals surface area contributed by atoms with Crippen LogP contribution < -0.4 is 4.57 Å². The van der Waals surface area contributed by atoms with Gasteiger partial charge in [-0.15, -0.1) is 0 Å². The highest BCUT2D eigenvalue weighted by Crippen LogP contribution is 2.38. The van der Waals surface area contributed by atoms with Crippen LogP contribution in [0.25, 0.3) is 21.7 Å². The van der Waals surface area contributed by atoms with E-state index in [1.165, 1.54) is 0 Å². The molecule has 0 aliphatic carbocycles. The van der Waals surface area contributed by atoms with E-state index in [9.17, 15) is 13.2 Å². The lowest BCUT2D eigenvalue weighted by Crippen LogP contribution is -2.37. The minimum Gasteiger partial charge on any atom is -0.198 e. The van der Waals surface area contributed by atoms with Gasteiger partial charge in [0.05, 0.1) is 10.9 Å². The lowest BCUT2D eigenvalue weighted by molar-refractivity contribution is -0.653. The second-order valence-corrected chi connectivity index (χ2v) is 5.57. The third-order valence-corrected chi connectivity index (χ3v) is 4.33. The van der Waals surface area contributed by atoms with Crippen molar-refractivity contribution in [1.29, 1.82) is 0 Å². The van der Waals surface area contributed by atoms with Gasteiger partial charge in [-0.05, 0) is 23.8 Å². The van der Waals surface area contributed by atoms with E-state index < -0.39 is 11.7 Å². The monoisotopic (exact) mass is 304 g/mol. The normalized spacial score (nSPS) is 12.3. The first-order chi connectivity index (χ1) is 10.3. The molecule has 0 saturated heterocycles. The molecule has 1 nitrogen and oxygen atoms in total. The van der Waals surface area contributed by atoms with E-state index in [0.29, 0.717) is 17.5 Å². The summed E-state index contributed by atoms with van der Waals surface area (Å²) in [5, 5.41) is 2.04. The largest absolute Gasteiger partial charge is 0.417 e. The Labute approximate surface area is 127 Å². The van der Waals surface area contributed by atoms with E-state index in [1.54, 1.807) is 13.0 Å². The van der Waals surface area contributed by atoms with Gasteiger partial charge in [0.25, 0.3) is 0 Å². The molecular formula is C18H17F3N+. The zero-order chi connectivity index (χ0) is 16.1. The number of rotatable bonds is 1. The third-order valence-electron chi connectivity index (χ3n) is 4.33. The lowest BCUT2D eigenvalue weighted by Gasteiger charge is -2.16. The van der Waals surface area contributed by atoms with Crippen LogP contribution in [0.5, 0.6) is 0 Å². The summed E-state index contributed by atoms with van der Waals surface area (Å²) < 4.78 is 42.7. The topological polar surface area (TPSA) is 3.88 Å². The van der Waals surface area contributed by atoms with E-state index in [1.807, 2.05) is 48.9 Å². The summed E-state index contributed by atoms with van der Waals surface area (Å²) in [6, 6.07) is 11.0. The van der Waals surface area contributed by atoms with Crippen molar-refractivity contribution in [3.63, 3.8) is 0 Å². The van der Waals surface area contributed by atoms with Crippen LogP contribution in [-0.2, 0) is 19.6 Å². The molecule has 22 heavy (non-hydrogen) atoms. The van der Waals surface area contributed by atoms with Gasteiger partial charge in [-0.2, -0.15) is 17.7 Å². The van der Waals surface area contributed by atoms with E-state index in [-0.39, 0.29) is 5.39 Å². The predicted octanol–water partition coefficient (Wildman–Crippen LogP) is 4.71. The number of hydrogen-bond donors (Lipinski definition) is 0. The average molecular weight is 304 g/mol. The van der Waals surface area contributed by atoms with Crippen LogP contribution in [0.2, 0.25) is 0 Å². The second-order valence-electron chi connectivity index (χ2n) is 5.57. The number of aryl methyl sites for hydroxylation is 1. The fourth-order valence-corrected chi connectivity index (χ4v) is 3.32. The highest BCUT2D eigenvalue weighted by molar-refractivity contribution is 5.97. The number of halogens is 3. The molecule has 0 amide bonds. The Kier molecular flexibility index (Phi) is 3.35. The Morgan fingerprint density at radius 1 is 1.05 bits per heavy atom. The molecule has 3 rings (SSSR count). The molecule has 0 N–H and O–H groups in total. The van der Waals surface area contributed by atoms with Gasteiger partial charge in [0.1, 0.15) is 7.05 Å². The average Bonchev–Trinajstić information content (AvgIpc) is 2.45. The summed E-state index contributed by atoms with van der Waals surface area (Å²) in [4.78, 5) is 0.